The van der Waals surface area contributed by atoms with Crippen LogP contribution in [-0.2, 0) is 21.1 Å². The molecule has 16 heavy (non-hydrogen) atoms. The van der Waals surface area contributed by atoms with E-state index in [1.807, 2.05) is 14.1 Å². The summed E-state index contributed by atoms with van der Waals surface area (Å²) in [6.45, 7) is 8.66. The monoisotopic (exact) mass is 412 g/mol. The van der Waals surface area contributed by atoms with Gasteiger partial charge in [0.1, 0.15) is 0 Å². The van der Waals surface area contributed by atoms with Gasteiger partial charge in [0.2, 0.25) is 0 Å². The summed E-state index contributed by atoms with van der Waals surface area (Å²) in [5, 5.41) is 3.20. The van der Waals surface area contributed by atoms with E-state index in [1.54, 1.807) is 0 Å². The fourth-order valence-corrected chi connectivity index (χ4v) is 1.26. The van der Waals surface area contributed by atoms with Gasteiger partial charge in [-0.05, 0) is 32.7 Å². The van der Waals surface area contributed by atoms with E-state index in [0.717, 1.165) is 18.9 Å². The van der Waals surface area contributed by atoms with Gasteiger partial charge in [0.15, 0.2) is 0 Å². The zero-order valence-corrected chi connectivity index (χ0v) is 14.4. The van der Waals surface area contributed by atoms with Crippen molar-refractivity contribution >= 4 is 5.71 Å². The number of nitrogens with one attached hydrogen (secondary N) is 1. The molecule has 0 heterocycles. The Kier molecular flexibility index (Phi) is 32.6. The summed E-state index contributed by atoms with van der Waals surface area (Å²) in [4.78, 5) is 4.04. The minimum atomic E-state index is 0. The summed E-state index contributed by atoms with van der Waals surface area (Å²) in [5.41, 5.74) is 1.31. The van der Waals surface area contributed by atoms with Crippen molar-refractivity contribution in [3.63, 3.8) is 0 Å². The van der Waals surface area contributed by atoms with Gasteiger partial charge in [0.25, 0.3) is 0 Å². The largest absolute Gasteiger partial charge is 0.358 e. The molecule has 0 aromatic carbocycles. The van der Waals surface area contributed by atoms with Gasteiger partial charge in [-0.2, -0.15) is 0 Å². The summed E-state index contributed by atoms with van der Waals surface area (Å²) in [6, 6.07) is 0.736. The van der Waals surface area contributed by atoms with Crippen LogP contribution in [0.2, 0.25) is 0 Å². The Balaban J connectivity index is -0.0000000480. The summed E-state index contributed by atoms with van der Waals surface area (Å²) < 4.78 is 0. The minimum absolute atomic E-state index is 0. The van der Waals surface area contributed by atoms with Crippen LogP contribution in [0.4, 0.5) is 0 Å². The van der Waals surface area contributed by atoms with E-state index in [0.29, 0.717) is 0 Å². The molecule has 106 valence electrons. The fraction of sp³-hybridized carbons (Fsp3) is 0.846. The standard InChI is InChI=1S/C6H15N.C6H13N.CH3.Pt.H2/c2*1-4-6(5-2)7-3;;;/h6-7H,4-5H2,1-3H3;4-5H2,1-3H3;1H3;;1H/q;;-1;;. The van der Waals surface area contributed by atoms with Gasteiger partial charge in [-0.3, -0.25) is 4.99 Å². The Labute approximate surface area is 119 Å². The summed E-state index contributed by atoms with van der Waals surface area (Å²) >= 11 is 0. The molecule has 0 bridgehead atoms. The van der Waals surface area contributed by atoms with Crippen molar-refractivity contribution in [1.29, 1.82) is 0 Å². The Hall–Kier alpha value is 0.318. The maximum Gasteiger partial charge on any atom is 0.0276 e. The molecule has 0 radical (unpaired) electrons. The molecule has 0 atom stereocenters. The normalized spacial score (nSPS) is 8.19. The van der Waals surface area contributed by atoms with Crippen LogP contribution >= 0.6 is 0 Å². The van der Waals surface area contributed by atoms with E-state index in [-0.39, 0.29) is 29.9 Å². The van der Waals surface area contributed by atoms with Gasteiger partial charge in [-0.15, -0.1) is 0 Å². The number of rotatable bonds is 5. The van der Waals surface area contributed by atoms with Crippen molar-refractivity contribution in [3.05, 3.63) is 7.43 Å². The third kappa shape index (κ3) is 16.7. The van der Waals surface area contributed by atoms with Crippen molar-refractivity contribution < 1.29 is 22.5 Å². The minimum Gasteiger partial charge on any atom is -0.358 e. The van der Waals surface area contributed by atoms with Crippen molar-refractivity contribution in [2.24, 2.45) is 4.99 Å². The van der Waals surface area contributed by atoms with Gasteiger partial charge in [0.05, 0.1) is 0 Å². The Bertz CT molecular complexity index is 126. The molecule has 0 spiro atoms. The molecule has 0 aliphatic carbocycles. The number of hydrogen-bond acceptors (Lipinski definition) is 2. The van der Waals surface area contributed by atoms with Crippen LogP contribution in [-0.4, -0.2) is 25.8 Å². The van der Waals surface area contributed by atoms with E-state index in [9.17, 15) is 0 Å². The van der Waals surface area contributed by atoms with Crippen molar-refractivity contribution in [1.82, 2.24) is 5.32 Å². The molecule has 0 rings (SSSR count). The van der Waals surface area contributed by atoms with Gasteiger partial charge < -0.3 is 12.7 Å². The zero-order chi connectivity index (χ0) is 11.4. The van der Waals surface area contributed by atoms with Gasteiger partial charge in [-0.25, -0.2) is 0 Å². The predicted molar refractivity (Wildman–Crippen MR) is 75.9 cm³/mol. The summed E-state index contributed by atoms with van der Waals surface area (Å²) in [5.74, 6) is 0. The summed E-state index contributed by atoms with van der Waals surface area (Å²) in [7, 11) is 3.86. The molecule has 0 aromatic heterocycles. The fourth-order valence-electron chi connectivity index (χ4n) is 1.26. The van der Waals surface area contributed by atoms with E-state index >= 15 is 0 Å². The molecule has 1 N–H and O–H groups in total. The molecule has 0 unspecified atom stereocenters. The molecule has 0 aromatic rings. The van der Waals surface area contributed by atoms with Crippen molar-refractivity contribution in [3.8, 4) is 0 Å². The number of nitrogens with zero attached hydrogens (tertiary/aromatic N) is 1. The third-order valence-electron chi connectivity index (χ3n) is 2.53. The topological polar surface area (TPSA) is 24.4 Å². The maximum absolute atomic E-state index is 4.04. The first-order chi connectivity index (χ1) is 6.69. The Morgan fingerprint density at radius 1 is 1.12 bits per heavy atom. The van der Waals surface area contributed by atoms with Crippen molar-refractivity contribution in [2.75, 3.05) is 14.1 Å². The van der Waals surface area contributed by atoms with Crippen LogP contribution in [0.3, 0.4) is 0 Å². The zero-order valence-electron chi connectivity index (χ0n) is 12.2. The van der Waals surface area contributed by atoms with Crippen LogP contribution in [0.5, 0.6) is 0 Å². The predicted octanol–water partition coefficient (Wildman–Crippen LogP) is 3.97. The molecular weight excluding hydrogens is 379 g/mol. The van der Waals surface area contributed by atoms with E-state index in [4.69, 9.17) is 0 Å². The molecule has 0 saturated carbocycles. The molecule has 0 aliphatic rings. The first-order valence-electron chi connectivity index (χ1n) is 5.81. The van der Waals surface area contributed by atoms with Crippen molar-refractivity contribution in [2.45, 2.75) is 59.4 Å². The third-order valence-corrected chi connectivity index (χ3v) is 2.53. The SMILES string of the molecule is CCC(CC)=NC.CCC(CC)NC.[CH3-].[HH].[Pt]. The van der Waals surface area contributed by atoms with E-state index < -0.39 is 0 Å². The van der Waals surface area contributed by atoms with Gasteiger partial charge in [-0.1, -0.05) is 27.7 Å². The molecule has 0 fully saturated rings. The second-order valence-corrected chi connectivity index (χ2v) is 3.30. The Morgan fingerprint density at radius 2 is 1.50 bits per heavy atom. The molecule has 0 amide bonds. The number of hydrogen-bond donors (Lipinski definition) is 1. The second-order valence-electron chi connectivity index (χ2n) is 3.30. The Morgan fingerprint density at radius 3 is 1.50 bits per heavy atom. The average Bonchev–Trinajstić information content (AvgIpc) is 2.24. The average molecular weight is 412 g/mol. The van der Waals surface area contributed by atoms with Crippen LogP contribution in [0.1, 0.15) is 54.8 Å². The quantitative estimate of drug-likeness (QED) is 0.536. The van der Waals surface area contributed by atoms with Gasteiger partial charge in [0, 0.05) is 41.3 Å². The molecule has 0 aliphatic heterocycles. The van der Waals surface area contributed by atoms with E-state index in [1.165, 1.54) is 18.6 Å². The van der Waals surface area contributed by atoms with Crippen LogP contribution in [0, 0.1) is 7.43 Å². The molecule has 2 nitrogen and oxygen atoms in total. The molecule has 0 saturated heterocycles. The second kappa shape index (κ2) is 20.7. The first-order valence-corrected chi connectivity index (χ1v) is 5.81. The van der Waals surface area contributed by atoms with Crippen LogP contribution < -0.4 is 5.32 Å². The maximum atomic E-state index is 4.04. The molecule has 3 heteroatoms. The number of aliphatic imine (C=N–C) groups is 1. The smallest absolute Gasteiger partial charge is 0.0276 e. The van der Waals surface area contributed by atoms with E-state index in [2.05, 4.69) is 38.0 Å². The molecular formula is C13H33N2Pt-. The van der Waals surface area contributed by atoms with Crippen LogP contribution in [0.15, 0.2) is 4.99 Å². The van der Waals surface area contributed by atoms with Gasteiger partial charge >= 0.3 is 0 Å². The van der Waals surface area contributed by atoms with Crippen LogP contribution in [0.25, 0.3) is 0 Å². The summed E-state index contributed by atoms with van der Waals surface area (Å²) in [6.07, 6.45) is 4.69. The first kappa shape index (κ1) is 25.2.